The van der Waals surface area contributed by atoms with Crippen molar-refractivity contribution < 1.29 is 15.0 Å². The number of carbonyl (C=O) groups is 1. The molecule has 1 atom stereocenters. The number of unbranched alkanes of at least 4 members (excludes halogenated alkanes) is 10. The Balaban J connectivity index is 1.10. The van der Waals surface area contributed by atoms with Gasteiger partial charge in [-0.15, -0.1) is 0 Å². The van der Waals surface area contributed by atoms with Crippen LogP contribution in [0.2, 0.25) is 0 Å². The van der Waals surface area contributed by atoms with Gasteiger partial charge in [0.2, 0.25) is 5.88 Å². The number of rotatable bonds is 18. The minimum atomic E-state index is 0.0591. The quantitative estimate of drug-likeness (QED) is 0.0884. The fourth-order valence-electron chi connectivity index (χ4n) is 7.41. The van der Waals surface area contributed by atoms with Crippen molar-refractivity contribution in [2.75, 3.05) is 0 Å². The van der Waals surface area contributed by atoms with Gasteiger partial charge in [0.1, 0.15) is 11.4 Å². The lowest BCUT2D eigenvalue weighted by Gasteiger charge is -2.24. The zero-order valence-electron chi connectivity index (χ0n) is 32.2. The summed E-state index contributed by atoms with van der Waals surface area (Å²) in [6, 6.07) is 23.6. The van der Waals surface area contributed by atoms with Crippen molar-refractivity contribution in [1.29, 1.82) is 0 Å². The standard InChI is InChI=1S/C47H57N3O3/c1-5-6-7-8-9-10-11-12-13-14-15-16-37-31-40(44(37)52)35-21-17-33(18-22-35)30-42-46(53)50-32-43(36-23-27-39(51)28-24-36)48-41(45(50)49-42)29-34-19-25-38(26-20-34)47(2,3)4/h17-28,31-32,37,51,53H,5-16,29-30H2,1-4H3. The van der Waals surface area contributed by atoms with Crippen LogP contribution in [0.4, 0.5) is 0 Å². The summed E-state index contributed by atoms with van der Waals surface area (Å²) < 4.78 is 1.73. The molecule has 2 N–H and O–H groups in total. The van der Waals surface area contributed by atoms with E-state index >= 15 is 0 Å². The van der Waals surface area contributed by atoms with Gasteiger partial charge >= 0.3 is 0 Å². The molecule has 2 heterocycles. The van der Waals surface area contributed by atoms with E-state index in [1.54, 1.807) is 16.5 Å². The Morgan fingerprint density at radius 2 is 1.21 bits per heavy atom. The Morgan fingerprint density at radius 1 is 0.660 bits per heavy atom. The van der Waals surface area contributed by atoms with Gasteiger partial charge in [-0.25, -0.2) is 9.97 Å². The summed E-state index contributed by atoms with van der Waals surface area (Å²) in [7, 11) is 0. The van der Waals surface area contributed by atoms with Crippen molar-refractivity contribution in [3.8, 4) is 22.9 Å². The van der Waals surface area contributed by atoms with Crippen LogP contribution >= 0.6 is 0 Å². The molecule has 2 aromatic heterocycles. The van der Waals surface area contributed by atoms with Crippen molar-refractivity contribution in [1.82, 2.24) is 14.4 Å². The van der Waals surface area contributed by atoms with Crippen LogP contribution in [-0.4, -0.2) is 30.4 Å². The number of hydrogen-bond acceptors (Lipinski definition) is 5. The van der Waals surface area contributed by atoms with Crippen LogP contribution in [0, 0.1) is 5.92 Å². The number of Topliss-reactive ketones (excluding diaryl/α,β-unsaturated/α-hetero) is 1. The van der Waals surface area contributed by atoms with E-state index in [0.29, 0.717) is 29.9 Å². The fourth-order valence-corrected chi connectivity index (χ4v) is 7.41. The number of nitrogens with zero attached hydrogens (tertiary/aromatic N) is 3. The minimum absolute atomic E-state index is 0.0591. The van der Waals surface area contributed by atoms with Crippen LogP contribution in [0.1, 0.15) is 138 Å². The molecular formula is C47H57N3O3. The van der Waals surface area contributed by atoms with Crippen LogP contribution in [0.5, 0.6) is 11.6 Å². The maximum Gasteiger partial charge on any atom is 0.219 e. The highest BCUT2D eigenvalue weighted by molar-refractivity contribution is 6.28. The molecular weight excluding hydrogens is 655 g/mol. The molecule has 5 aromatic rings. The number of aromatic hydroxyl groups is 2. The molecule has 1 aliphatic rings. The Labute approximate surface area is 316 Å². The average molecular weight is 712 g/mol. The van der Waals surface area contributed by atoms with E-state index in [1.165, 1.54) is 69.8 Å². The van der Waals surface area contributed by atoms with Gasteiger partial charge in [-0.3, -0.25) is 9.20 Å². The lowest BCUT2D eigenvalue weighted by atomic mass is 9.78. The van der Waals surface area contributed by atoms with Crippen LogP contribution < -0.4 is 0 Å². The molecule has 0 spiro atoms. The van der Waals surface area contributed by atoms with E-state index < -0.39 is 0 Å². The van der Waals surface area contributed by atoms with Gasteiger partial charge in [0.05, 0.1) is 11.4 Å². The summed E-state index contributed by atoms with van der Waals surface area (Å²) in [4.78, 5) is 23.0. The Bertz CT molecular complexity index is 2000. The third-order valence-electron chi connectivity index (χ3n) is 10.8. The van der Waals surface area contributed by atoms with Gasteiger partial charge in [-0.2, -0.15) is 0 Å². The molecule has 6 nitrogen and oxygen atoms in total. The lowest BCUT2D eigenvalue weighted by molar-refractivity contribution is -0.117. The Hall–Kier alpha value is -4.71. The molecule has 1 unspecified atom stereocenters. The van der Waals surface area contributed by atoms with E-state index in [2.05, 4.69) is 58.0 Å². The SMILES string of the molecule is CCCCCCCCCCCCCC1C=C(c2ccc(Cc3nc4c(Cc5ccc(C(C)(C)C)cc5)nc(-c5ccc(O)cc5)cn4c3O)cc2)C1=O. The number of benzene rings is 3. The van der Waals surface area contributed by atoms with Crippen LogP contribution in [0.3, 0.4) is 0 Å². The van der Waals surface area contributed by atoms with Gasteiger partial charge in [-0.05, 0) is 58.4 Å². The molecule has 278 valence electrons. The molecule has 1 aliphatic carbocycles. The molecule has 0 amide bonds. The van der Waals surface area contributed by atoms with E-state index in [9.17, 15) is 15.0 Å². The highest BCUT2D eigenvalue weighted by Gasteiger charge is 2.30. The van der Waals surface area contributed by atoms with Crippen molar-refractivity contribution in [2.45, 2.75) is 123 Å². The number of phenols is 1. The van der Waals surface area contributed by atoms with Crippen LogP contribution in [0.25, 0.3) is 22.5 Å². The maximum absolute atomic E-state index is 13.0. The average Bonchev–Trinajstić information content (AvgIpc) is 3.46. The zero-order chi connectivity index (χ0) is 37.4. The van der Waals surface area contributed by atoms with E-state index in [0.717, 1.165) is 46.4 Å². The van der Waals surface area contributed by atoms with Gasteiger partial charge < -0.3 is 10.2 Å². The van der Waals surface area contributed by atoms with Crippen molar-refractivity contribution in [3.63, 3.8) is 0 Å². The summed E-state index contributed by atoms with van der Waals surface area (Å²) in [5, 5.41) is 21.4. The number of allylic oxidation sites excluding steroid dienone is 2. The number of carbonyl (C=O) groups excluding carboxylic acids is 1. The van der Waals surface area contributed by atoms with Crippen molar-refractivity contribution in [3.05, 3.63) is 119 Å². The first-order chi connectivity index (χ1) is 25.6. The maximum atomic E-state index is 13.0. The van der Waals surface area contributed by atoms with E-state index in [1.807, 2.05) is 42.6 Å². The van der Waals surface area contributed by atoms with Gasteiger partial charge in [-0.1, -0.05) is 153 Å². The second-order valence-corrected chi connectivity index (χ2v) is 16.1. The van der Waals surface area contributed by atoms with Gasteiger partial charge in [0.15, 0.2) is 11.4 Å². The fraction of sp³-hybridized carbons (Fsp3) is 0.426. The van der Waals surface area contributed by atoms with Crippen molar-refractivity contribution >= 4 is 17.0 Å². The number of aromatic nitrogens is 3. The topological polar surface area (TPSA) is 87.7 Å². The number of fused-ring (bicyclic) bond motifs is 1. The van der Waals surface area contributed by atoms with Crippen LogP contribution in [-0.2, 0) is 23.1 Å². The van der Waals surface area contributed by atoms with Gasteiger partial charge in [0.25, 0.3) is 0 Å². The van der Waals surface area contributed by atoms with E-state index in [-0.39, 0.29) is 28.7 Å². The number of hydrogen-bond donors (Lipinski definition) is 2. The molecule has 0 radical (unpaired) electrons. The Kier molecular flexibility index (Phi) is 12.5. The third-order valence-corrected chi connectivity index (χ3v) is 10.8. The summed E-state index contributed by atoms with van der Waals surface area (Å²) in [6.45, 7) is 8.88. The predicted octanol–water partition coefficient (Wildman–Crippen LogP) is 11.6. The second kappa shape index (κ2) is 17.4. The molecule has 3 aromatic carbocycles. The largest absolute Gasteiger partial charge is 0.508 e. The second-order valence-electron chi connectivity index (χ2n) is 16.1. The molecule has 0 saturated heterocycles. The number of ketones is 1. The smallest absolute Gasteiger partial charge is 0.219 e. The molecule has 6 heteroatoms. The minimum Gasteiger partial charge on any atom is -0.508 e. The zero-order valence-corrected chi connectivity index (χ0v) is 32.2. The van der Waals surface area contributed by atoms with E-state index in [4.69, 9.17) is 9.97 Å². The first kappa shape index (κ1) is 38.0. The summed E-state index contributed by atoms with van der Waals surface area (Å²) >= 11 is 0. The molecule has 0 saturated carbocycles. The third kappa shape index (κ3) is 9.64. The van der Waals surface area contributed by atoms with Gasteiger partial charge in [0, 0.05) is 36.1 Å². The summed E-state index contributed by atoms with van der Waals surface area (Å²) in [5.41, 5.74) is 8.67. The molecule has 0 aliphatic heterocycles. The first-order valence-electron chi connectivity index (χ1n) is 19.9. The highest BCUT2D eigenvalue weighted by atomic mass is 16.3. The summed E-state index contributed by atoms with van der Waals surface area (Å²) in [5.74, 6) is 0.590. The monoisotopic (exact) mass is 711 g/mol. The Morgan fingerprint density at radius 3 is 1.79 bits per heavy atom. The molecule has 53 heavy (non-hydrogen) atoms. The molecule has 6 rings (SSSR count). The predicted molar refractivity (Wildman–Crippen MR) is 217 cm³/mol. The molecule has 0 fully saturated rings. The number of imidazole rings is 1. The van der Waals surface area contributed by atoms with Crippen LogP contribution in [0.15, 0.2) is 85.1 Å². The molecule has 0 bridgehead atoms. The lowest BCUT2D eigenvalue weighted by Crippen LogP contribution is -2.23. The highest BCUT2D eigenvalue weighted by Crippen LogP contribution is 2.35. The normalized spacial score (nSPS) is 14.5. The summed E-state index contributed by atoms with van der Waals surface area (Å²) in [6.07, 6.45) is 20.4. The first-order valence-corrected chi connectivity index (χ1v) is 19.9. The van der Waals surface area contributed by atoms with Crippen molar-refractivity contribution in [2.24, 2.45) is 5.92 Å². The number of phenolic OH excluding ortho intramolecular Hbond substituents is 1.